The molecule has 2 saturated heterocycles. The van der Waals surface area contributed by atoms with Gasteiger partial charge in [-0.05, 0) is 60.7 Å². The number of pyridine rings is 1. The Balaban J connectivity index is 1.29. The largest absolute Gasteiger partial charge is 0.573 e. The summed E-state index contributed by atoms with van der Waals surface area (Å²) in [6.45, 7) is 2.09. The molecule has 0 bridgehead atoms. The molecule has 1 aromatic carbocycles. The number of aromatic nitrogens is 1. The van der Waals surface area contributed by atoms with Crippen LogP contribution in [-0.2, 0) is 20.9 Å². The molecule has 2 atom stereocenters. The van der Waals surface area contributed by atoms with Crippen LogP contribution >= 0.6 is 0 Å². The standard InChI is InChI=1S/C26H29F3N4O6/c27-26(28,29)38-21-8-4-19(5-9-21)16-32-13-12-20(17-32)33(25(35)36)22-10-6-18(15-30-22)7-11-23(34)31-39-24-3-1-2-14-37-24/h4-11,15,20,24H,1-3,12-14,16-17H2,(H,31,34)(H,35,36)/b11-7+/t20-,24?/m1/s1. The van der Waals surface area contributed by atoms with Gasteiger partial charge in [0.05, 0.1) is 6.04 Å². The highest BCUT2D eigenvalue weighted by atomic mass is 19.4. The van der Waals surface area contributed by atoms with Crippen LogP contribution in [0.3, 0.4) is 0 Å². The number of carbonyl (C=O) groups is 2. The highest BCUT2D eigenvalue weighted by Gasteiger charge is 2.33. The number of amides is 2. The van der Waals surface area contributed by atoms with Crippen LogP contribution in [0.5, 0.6) is 5.75 Å². The number of anilines is 1. The number of alkyl halides is 3. The molecule has 210 valence electrons. The van der Waals surface area contributed by atoms with E-state index in [-0.39, 0.29) is 17.6 Å². The van der Waals surface area contributed by atoms with E-state index in [2.05, 4.69) is 15.2 Å². The van der Waals surface area contributed by atoms with Crippen LogP contribution in [0, 0.1) is 0 Å². The first-order valence-electron chi connectivity index (χ1n) is 12.5. The van der Waals surface area contributed by atoms with Gasteiger partial charge in [0, 0.05) is 44.9 Å². The molecule has 0 spiro atoms. The Bertz CT molecular complexity index is 1140. The van der Waals surface area contributed by atoms with Crippen molar-refractivity contribution in [3.05, 3.63) is 59.8 Å². The Labute approximate surface area is 222 Å². The van der Waals surface area contributed by atoms with E-state index in [1.807, 2.05) is 4.90 Å². The fourth-order valence-electron chi connectivity index (χ4n) is 4.43. The van der Waals surface area contributed by atoms with Gasteiger partial charge in [-0.1, -0.05) is 12.1 Å². The Morgan fingerprint density at radius 1 is 1.18 bits per heavy atom. The fourth-order valence-corrected chi connectivity index (χ4v) is 4.43. The molecule has 0 aliphatic carbocycles. The molecule has 10 nitrogen and oxygen atoms in total. The van der Waals surface area contributed by atoms with Gasteiger partial charge in [0.2, 0.25) is 0 Å². The van der Waals surface area contributed by atoms with E-state index in [9.17, 15) is 27.9 Å². The predicted octanol–water partition coefficient (Wildman–Crippen LogP) is 4.33. The lowest BCUT2D eigenvalue weighted by Crippen LogP contribution is -2.41. The van der Waals surface area contributed by atoms with Crippen LogP contribution in [-0.4, -0.2) is 65.4 Å². The molecular weight excluding hydrogens is 521 g/mol. The lowest BCUT2D eigenvalue weighted by molar-refractivity contribution is -0.274. The number of benzene rings is 1. The van der Waals surface area contributed by atoms with E-state index in [1.165, 1.54) is 35.4 Å². The number of hydroxylamine groups is 1. The molecule has 0 radical (unpaired) electrons. The maximum absolute atomic E-state index is 12.4. The zero-order valence-corrected chi connectivity index (χ0v) is 21.0. The summed E-state index contributed by atoms with van der Waals surface area (Å²) < 4.78 is 46.3. The lowest BCUT2D eigenvalue weighted by atomic mass is 10.2. The van der Waals surface area contributed by atoms with Crippen molar-refractivity contribution in [3.8, 4) is 5.75 Å². The van der Waals surface area contributed by atoms with Crippen LogP contribution in [0.25, 0.3) is 6.08 Å². The lowest BCUT2D eigenvalue weighted by Gasteiger charge is -2.25. The quantitative estimate of drug-likeness (QED) is 0.351. The van der Waals surface area contributed by atoms with Gasteiger partial charge in [-0.15, -0.1) is 13.2 Å². The number of nitrogens with zero attached hydrogens (tertiary/aromatic N) is 3. The summed E-state index contributed by atoms with van der Waals surface area (Å²) in [6.07, 6.45) is 1.15. The van der Waals surface area contributed by atoms with Gasteiger partial charge in [0.1, 0.15) is 11.6 Å². The molecule has 13 heteroatoms. The summed E-state index contributed by atoms with van der Waals surface area (Å²) in [6, 6.07) is 8.48. The summed E-state index contributed by atoms with van der Waals surface area (Å²) >= 11 is 0. The minimum absolute atomic E-state index is 0.252. The third-order valence-electron chi connectivity index (χ3n) is 6.26. The number of nitrogens with one attached hydrogen (secondary N) is 1. The fraction of sp³-hybridized carbons (Fsp3) is 0.423. The topological polar surface area (TPSA) is 113 Å². The highest BCUT2D eigenvalue weighted by molar-refractivity contribution is 5.91. The molecule has 2 aromatic rings. The molecule has 3 heterocycles. The number of halogens is 3. The predicted molar refractivity (Wildman–Crippen MR) is 133 cm³/mol. The molecule has 2 fully saturated rings. The van der Waals surface area contributed by atoms with Gasteiger partial charge in [-0.25, -0.2) is 20.1 Å². The van der Waals surface area contributed by atoms with Gasteiger partial charge in [-0.3, -0.25) is 14.6 Å². The average molecular weight is 551 g/mol. The number of ether oxygens (including phenoxy) is 2. The first-order chi connectivity index (χ1) is 18.7. The van der Waals surface area contributed by atoms with Crippen molar-refractivity contribution in [2.24, 2.45) is 0 Å². The third kappa shape index (κ3) is 8.67. The maximum Gasteiger partial charge on any atom is 0.573 e. The molecule has 2 aliphatic heterocycles. The smallest absolute Gasteiger partial charge is 0.465 e. The molecule has 39 heavy (non-hydrogen) atoms. The van der Waals surface area contributed by atoms with E-state index in [0.29, 0.717) is 44.6 Å². The second-order valence-electron chi connectivity index (χ2n) is 9.19. The first-order valence-corrected chi connectivity index (χ1v) is 12.5. The second kappa shape index (κ2) is 12.9. The van der Waals surface area contributed by atoms with Gasteiger partial charge in [0.25, 0.3) is 5.91 Å². The number of carboxylic acid groups (broad SMARTS) is 1. The Hall–Kier alpha value is -3.68. The van der Waals surface area contributed by atoms with Crippen LogP contribution < -0.4 is 15.1 Å². The normalized spacial score (nSPS) is 20.2. The Morgan fingerprint density at radius 3 is 2.62 bits per heavy atom. The summed E-state index contributed by atoms with van der Waals surface area (Å²) in [5.74, 6) is -0.508. The highest BCUT2D eigenvalue weighted by Crippen LogP contribution is 2.26. The summed E-state index contributed by atoms with van der Waals surface area (Å²) in [7, 11) is 0. The Morgan fingerprint density at radius 2 is 1.97 bits per heavy atom. The van der Waals surface area contributed by atoms with E-state index in [1.54, 1.807) is 24.3 Å². The zero-order chi connectivity index (χ0) is 27.8. The molecule has 1 aromatic heterocycles. The molecule has 2 amide bonds. The maximum atomic E-state index is 12.4. The Kier molecular flexibility index (Phi) is 9.38. The van der Waals surface area contributed by atoms with E-state index in [4.69, 9.17) is 9.57 Å². The molecule has 4 rings (SSSR count). The molecule has 0 saturated carbocycles. The van der Waals surface area contributed by atoms with Crippen LogP contribution in [0.2, 0.25) is 0 Å². The number of likely N-dealkylation sites (tertiary alicyclic amines) is 1. The van der Waals surface area contributed by atoms with E-state index in [0.717, 1.165) is 18.4 Å². The van der Waals surface area contributed by atoms with Gasteiger partial charge < -0.3 is 14.6 Å². The van der Waals surface area contributed by atoms with Crippen molar-refractivity contribution in [1.82, 2.24) is 15.4 Å². The summed E-state index contributed by atoms with van der Waals surface area (Å²) in [5, 5.41) is 9.87. The van der Waals surface area contributed by atoms with Crippen molar-refractivity contribution in [1.29, 1.82) is 0 Å². The van der Waals surface area contributed by atoms with Crippen molar-refractivity contribution in [2.75, 3.05) is 24.6 Å². The molecule has 1 unspecified atom stereocenters. The van der Waals surface area contributed by atoms with E-state index < -0.39 is 24.7 Å². The van der Waals surface area contributed by atoms with Crippen molar-refractivity contribution in [2.45, 2.75) is 50.9 Å². The molecular formula is C26H29F3N4O6. The minimum atomic E-state index is -4.75. The summed E-state index contributed by atoms with van der Waals surface area (Å²) in [5.41, 5.74) is 3.70. The first kappa shape index (κ1) is 28.3. The number of hydrogen-bond acceptors (Lipinski definition) is 7. The van der Waals surface area contributed by atoms with Crippen molar-refractivity contribution >= 4 is 23.9 Å². The van der Waals surface area contributed by atoms with Crippen molar-refractivity contribution in [3.63, 3.8) is 0 Å². The molecule has 2 aliphatic rings. The SMILES string of the molecule is O=C(/C=C/c1ccc(N(C(=O)O)[C@@H]2CCN(Cc3ccc(OC(F)(F)F)cc3)C2)nc1)NOC1CCCCO1. The van der Waals surface area contributed by atoms with Gasteiger partial charge >= 0.3 is 12.5 Å². The van der Waals surface area contributed by atoms with Crippen LogP contribution in [0.1, 0.15) is 36.8 Å². The number of hydrogen-bond donors (Lipinski definition) is 2. The monoisotopic (exact) mass is 550 g/mol. The molecule has 2 N–H and O–H groups in total. The third-order valence-corrected chi connectivity index (χ3v) is 6.26. The minimum Gasteiger partial charge on any atom is -0.465 e. The van der Waals surface area contributed by atoms with Crippen LogP contribution in [0.15, 0.2) is 48.7 Å². The van der Waals surface area contributed by atoms with E-state index >= 15 is 0 Å². The van der Waals surface area contributed by atoms with Gasteiger partial charge in [0.15, 0.2) is 6.29 Å². The second-order valence-corrected chi connectivity index (χ2v) is 9.19. The zero-order valence-electron chi connectivity index (χ0n) is 21.0. The summed E-state index contributed by atoms with van der Waals surface area (Å²) in [4.78, 5) is 36.8. The number of carbonyl (C=O) groups excluding carboxylic acids is 1. The average Bonchev–Trinajstić information content (AvgIpc) is 3.35. The number of rotatable bonds is 9. The van der Waals surface area contributed by atoms with Crippen LogP contribution in [0.4, 0.5) is 23.8 Å². The van der Waals surface area contributed by atoms with Gasteiger partial charge in [-0.2, -0.15) is 0 Å². The van der Waals surface area contributed by atoms with Crippen molar-refractivity contribution < 1.29 is 42.2 Å².